The number of halogens is 2. The molecule has 168 valence electrons. The molecule has 4 rings (SSSR count). The molecule has 2 amide bonds. The average Bonchev–Trinajstić information content (AvgIpc) is 3.05. The SMILES string of the molecule is CN(CC(=O)N1CCN(C(=O)c2ccc(F)cc2Cl)CC1)C1=NS(=O)(=O)c2ccccc21. The third-order valence-corrected chi connectivity index (χ3v) is 7.07. The number of rotatable bonds is 3. The fraction of sp³-hybridized carbons (Fsp3) is 0.286. The predicted octanol–water partition coefficient (Wildman–Crippen LogP) is 1.84. The van der Waals surface area contributed by atoms with Gasteiger partial charge in [0, 0.05) is 38.8 Å². The number of piperazine rings is 1. The summed E-state index contributed by atoms with van der Waals surface area (Å²) < 4.78 is 41.5. The number of amidine groups is 1. The maximum atomic E-state index is 13.2. The largest absolute Gasteiger partial charge is 0.349 e. The van der Waals surface area contributed by atoms with Crippen molar-refractivity contribution >= 4 is 39.3 Å². The van der Waals surface area contributed by atoms with Crippen LogP contribution in [-0.4, -0.2) is 80.5 Å². The number of hydrogen-bond acceptors (Lipinski definition) is 5. The van der Waals surface area contributed by atoms with Crippen molar-refractivity contribution < 1.29 is 22.4 Å². The summed E-state index contributed by atoms with van der Waals surface area (Å²) in [4.78, 5) is 30.3. The minimum absolute atomic E-state index is 0.0442. The van der Waals surface area contributed by atoms with Crippen LogP contribution in [-0.2, 0) is 14.8 Å². The highest BCUT2D eigenvalue weighted by atomic mass is 35.5. The van der Waals surface area contributed by atoms with Gasteiger partial charge in [-0.3, -0.25) is 9.59 Å². The van der Waals surface area contributed by atoms with E-state index in [2.05, 4.69) is 4.40 Å². The van der Waals surface area contributed by atoms with Gasteiger partial charge in [-0.15, -0.1) is 4.40 Å². The molecular formula is C21H20ClFN4O4S. The van der Waals surface area contributed by atoms with Crippen molar-refractivity contribution in [2.45, 2.75) is 4.90 Å². The number of amides is 2. The molecule has 0 spiro atoms. The molecule has 11 heteroatoms. The third-order valence-electron chi connectivity index (χ3n) is 5.43. The maximum Gasteiger partial charge on any atom is 0.285 e. The molecule has 32 heavy (non-hydrogen) atoms. The highest BCUT2D eigenvalue weighted by Crippen LogP contribution is 2.27. The van der Waals surface area contributed by atoms with Gasteiger partial charge in [-0.1, -0.05) is 23.7 Å². The summed E-state index contributed by atoms with van der Waals surface area (Å²) in [6.45, 7) is 1.19. The van der Waals surface area contributed by atoms with Gasteiger partial charge in [-0.2, -0.15) is 8.42 Å². The van der Waals surface area contributed by atoms with Crippen molar-refractivity contribution in [3.63, 3.8) is 0 Å². The smallest absolute Gasteiger partial charge is 0.285 e. The Labute approximate surface area is 189 Å². The molecular weight excluding hydrogens is 459 g/mol. The number of nitrogens with zero attached hydrogens (tertiary/aromatic N) is 4. The highest BCUT2D eigenvalue weighted by molar-refractivity contribution is 7.90. The van der Waals surface area contributed by atoms with Gasteiger partial charge in [0.25, 0.3) is 15.9 Å². The van der Waals surface area contributed by atoms with Crippen molar-refractivity contribution in [3.05, 3.63) is 64.4 Å². The van der Waals surface area contributed by atoms with E-state index in [-0.39, 0.29) is 39.7 Å². The summed E-state index contributed by atoms with van der Waals surface area (Å²) >= 11 is 5.99. The zero-order valence-corrected chi connectivity index (χ0v) is 18.7. The minimum Gasteiger partial charge on any atom is -0.349 e. The van der Waals surface area contributed by atoms with E-state index in [1.165, 1.54) is 23.1 Å². The summed E-state index contributed by atoms with van der Waals surface area (Å²) in [5, 5.41) is 0.0442. The molecule has 0 aliphatic carbocycles. The highest BCUT2D eigenvalue weighted by Gasteiger charge is 2.32. The lowest BCUT2D eigenvalue weighted by Crippen LogP contribution is -2.52. The molecule has 0 bridgehead atoms. The molecule has 2 aromatic rings. The van der Waals surface area contributed by atoms with Gasteiger partial charge < -0.3 is 14.7 Å². The van der Waals surface area contributed by atoms with Crippen LogP contribution in [0, 0.1) is 5.82 Å². The molecule has 0 unspecified atom stereocenters. The van der Waals surface area contributed by atoms with Crippen LogP contribution in [0.1, 0.15) is 15.9 Å². The quantitative estimate of drug-likeness (QED) is 0.671. The fourth-order valence-corrected chi connectivity index (χ4v) is 5.23. The van der Waals surface area contributed by atoms with Crippen LogP contribution in [0.25, 0.3) is 0 Å². The van der Waals surface area contributed by atoms with E-state index >= 15 is 0 Å². The number of fused-ring (bicyclic) bond motifs is 1. The number of carbonyl (C=O) groups is 2. The number of benzene rings is 2. The monoisotopic (exact) mass is 478 g/mol. The molecule has 0 radical (unpaired) electrons. The van der Waals surface area contributed by atoms with E-state index < -0.39 is 15.8 Å². The maximum absolute atomic E-state index is 13.2. The lowest BCUT2D eigenvalue weighted by atomic mass is 10.1. The zero-order valence-electron chi connectivity index (χ0n) is 17.2. The number of carbonyl (C=O) groups excluding carboxylic acids is 2. The molecule has 0 atom stereocenters. The molecule has 8 nitrogen and oxygen atoms in total. The number of likely N-dealkylation sites (N-methyl/N-ethyl adjacent to an activating group) is 1. The van der Waals surface area contributed by atoms with Crippen molar-refractivity contribution in [3.8, 4) is 0 Å². The summed E-state index contributed by atoms with van der Waals surface area (Å²) in [6, 6.07) is 10.1. The van der Waals surface area contributed by atoms with E-state index in [1.54, 1.807) is 35.0 Å². The van der Waals surface area contributed by atoms with Gasteiger partial charge in [-0.05, 0) is 30.3 Å². The molecule has 2 aliphatic heterocycles. The van der Waals surface area contributed by atoms with Crippen LogP contribution in [0.5, 0.6) is 0 Å². The first-order valence-electron chi connectivity index (χ1n) is 9.85. The Morgan fingerprint density at radius 3 is 2.44 bits per heavy atom. The van der Waals surface area contributed by atoms with Crippen molar-refractivity contribution in [2.75, 3.05) is 39.8 Å². The fourth-order valence-electron chi connectivity index (χ4n) is 3.73. The Morgan fingerprint density at radius 2 is 1.75 bits per heavy atom. The third kappa shape index (κ3) is 4.20. The van der Waals surface area contributed by atoms with Crippen molar-refractivity contribution in [1.29, 1.82) is 0 Å². The Hall–Kier alpha value is -2.98. The normalized spacial score (nSPS) is 17.0. The van der Waals surface area contributed by atoms with Crippen LogP contribution in [0.3, 0.4) is 0 Å². The topological polar surface area (TPSA) is 90.4 Å². The zero-order chi connectivity index (χ0) is 23.0. The van der Waals surface area contributed by atoms with Crippen molar-refractivity contribution in [1.82, 2.24) is 14.7 Å². The summed E-state index contributed by atoms with van der Waals surface area (Å²) in [5.41, 5.74) is 0.682. The summed E-state index contributed by atoms with van der Waals surface area (Å²) in [7, 11) is -2.15. The van der Waals surface area contributed by atoms with Crippen LogP contribution in [0.15, 0.2) is 51.8 Å². The van der Waals surface area contributed by atoms with E-state index in [9.17, 15) is 22.4 Å². The Balaban J connectivity index is 1.38. The van der Waals surface area contributed by atoms with Gasteiger partial charge in [-0.25, -0.2) is 4.39 Å². The van der Waals surface area contributed by atoms with E-state index in [0.29, 0.717) is 31.7 Å². The van der Waals surface area contributed by atoms with Crippen molar-refractivity contribution in [2.24, 2.45) is 4.40 Å². The first-order chi connectivity index (χ1) is 15.2. The van der Waals surface area contributed by atoms with Gasteiger partial charge >= 0.3 is 0 Å². The molecule has 2 aliphatic rings. The van der Waals surface area contributed by atoms with Gasteiger partial charge in [0.15, 0.2) is 5.84 Å². The molecule has 0 aromatic heterocycles. The van der Waals surface area contributed by atoms with Crippen LogP contribution in [0.4, 0.5) is 4.39 Å². The Kier molecular flexibility index (Phi) is 5.91. The molecule has 2 aromatic carbocycles. The molecule has 1 saturated heterocycles. The Morgan fingerprint density at radius 1 is 1.09 bits per heavy atom. The van der Waals surface area contributed by atoms with Crippen LogP contribution < -0.4 is 0 Å². The molecule has 2 heterocycles. The summed E-state index contributed by atoms with van der Waals surface area (Å²) in [5.74, 6) is -0.813. The lowest BCUT2D eigenvalue weighted by Gasteiger charge is -2.35. The standard InChI is InChI=1S/C21H20ClFN4O4S/c1-25(20-16-4-2-3-5-18(16)32(30,31)24-20)13-19(28)26-8-10-27(11-9-26)21(29)15-7-6-14(23)12-17(15)22/h2-7,12H,8-11,13H2,1H3. The lowest BCUT2D eigenvalue weighted by molar-refractivity contribution is -0.132. The summed E-state index contributed by atoms with van der Waals surface area (Å²) in [6.07, 6.45) is 0. The van der Waals surface area contributed by atoms with Gasteiger partial charge in [0.2, 0.25) is 5.91 Å². The van der Waals surface area contributed by atoms with E-state index in [4.69, 9.17) is 11.6 Å². The van der Waals surface area contributed by atoms with Crippen LogP contribution in [0.2, 0.25) is 5.02 Å². The molecule has 0 saturated carbocycles. The second-order valence-corrected chi connectivity index (χ2v) is 9.52. The van der Waals surface area contributed by atoms with Crippen LogP contribution >= 0.6 is 11.6 Å². The first kappa shape index (κ1) is 22.2. The molecule has 0 N–H and O–H groups in total. The Bertz CT molecular complexity index is 1230. The minimum atomic E-state index is -3.77. The van der Waals surface area contributed by atoms with Gasteiger partial charge in [0.1, 0.15) is 10.7 Å². The first-order valence-corrected chi connectivity index (χ1v) is 11.7. The molecule has 1 fully saturated rings. The average molecular weight is 479 g/mol. The second kappa shape index (κ2) is 8.51. The van der Waals surface area contributed by atoms with Gasteiger partial charge in [0.05, 0.1) is 17.1 Å². The number of sulfonamides is 1. The van der Waals surface area contributed by atoms with E-state index in [1.807, 2.05) is 0 Å². The number of hydrogen-bond donors (Lipinski definition) is 0. The second-order valence-electron chi connectivity index (χ2n) is 7.54. The van der Waals surface area contributed by atoms with E-state index in [0.717, 1.165) is 6.07 Å². The predicted molar refractivity (Wildman–Crippen MR) is 117 cm³/mol.